The summed E-state index contributed by atoms with van der Waals surface area (Å²) < 4.78 is 11.5. The fourth-order valence-electron chi connectivity index (χ4n) is 11.3. The fraction of sp³-hybridized carbons (Fsp3) is 0.0526. The van der Waals surface area contributed by atoms with E-state index in [1.54, 1.807) is 0 Å². The average Bonchev–Trinajstić information content (AvgIpc) is 3.94. The molecule has 0 fully saturated rings. The molecule has 2 aromatic heterocycles. The van der Waals surface area contributed by atoms with Crippen LogP contribution in [0.15, 0.2) is 206 Å². The molecule has 3 aliphatic rings. The Morgan fingerprint density at radius 3 is 1.89 bits per heavy atom. The Kier molecular flexibility index (Phi) is 6.88. The molecule has 9 aromatic carbocycles. The lowest BCUT2D eigenvalue weighted by molar-refractivity contribution is 0.434. The van der Waals surface area contributed by atoms with Crippen LogP contribution in [0.3, 0.4) is 0 Å². The monoisotopic (exact) mass is 793 g/mol. The van der Waals surface area contributed by atoms with Crippen LogP contribution in [0.2, 0.25) is 0 Å². The minimum Gasteiger partial charge on any atom is -0.652 e. The van der Waals surface area contributed by atoms with Gasteiger partial charge in [0.05, 0.1) is 22.5 Å². The van der Waals surface area contributed by atoms with Crippen molar-refractivity contribution < 1.29 is 4.74 Å². The van der Waals surface area contributed by atoms with Crippen molar-refractivity contribution in [3.63, 3.8) is 0 Å². The molecule has 5 nitrogen and oxygen atoms in total. The Hall–Kier alpha value is -7.86. The summed E-state index contributed by atoms with van der Waals surface area (Å²) in [5, 5.41) is 14.6. The minimum absolute atomic E-state index is 0.129. The van der Waals surface area contributed by atoms with Crippen LogP contribution in [0.1, 0.15) is 45.7 Å². The number of benzene rings is 9. The Bertz CT molecular complexity index is 3610. The van der Waals surface area contributed by atoms with E-state index in [0.717, 1.165) is 50.6 Å². The predicted octanol–water partition coefficient (Wildman–Crippen LogP) is 14.2. The van der Waals surface area contributed by atoms with Crippen molar-refractivity contribution in [2.45, 2.75) is 17.7 Å². The highest BCUT2D eigenvalue weighted by atomic mass is 16.5. The second kappa shape index (κ2) is 12.6. The van der Waals surface area contributed by atoms with Gasteiger partial charge in [0.1, 0.15) is 11.5 Å². The second-order valence-corrected chi connectivity index (χ2v) is 16.8. The molecule has 0 bridgehead atoms. The zero-order chi connectivity index (χ0) is 40.5. The average molecular weight is 794 g/mol. The van der Waals surface area contributed by atoms with Gasteiger partial charge in [0.25, 0.3) is 0 Å². The molecule has 1 spiro atoms. The van der Waals surface area contributed by atoms with Gasteiger partial charge in [0, 0.05) is 55.7 Å². The topological polar surface area (TPSA) is 45.2 Å². The largest absolute Gasteiger partial charge is 0.652 e. The summed E-state index contributed by atoms with van der Waals surface area (Å²) in [7, 11) is 0. The van der Waals surface area contributed by atoms with Crippen molar-refractivity contribution >= 4 is 49.3 Å². The van der Waals surface area contributed by atoms with Gasteiger partial charge in [-0.1, -0.05) is 152 Å². The third-order valence-electron chi connectivity index (χ3n) is 13.8. The number of hydrogen-bond donors (Lipinski definition) is 1. The molecular formula is C57H37N4O-. The van der Waals surface area contributed by atoms with Gasteiger partial charge in [-0.15, -0.1) is 5.69 Å². The summed E-state index contributed by atoms with van der Waals surface area (Å²) >= 11 is 0. The lowest BCUT2D eigenvalue weighted by Gasteiger charge is -2.46. The van der Waals surface area contributed by atoms with Crippen molar-refractivity contribution in [1.82, 2.24) is 14.5 Å². The molecule has 11 aromatic rings. The van der Waals surface area contributed by atoms with Gasteiger partial charge in [0.2, 0.25) is 0 Å². The van der Waals surface area contributed by atoms with Crippen molar-refractivity contribution in [3.05, 3.63) is 245 Å². The molecule has 2 aliphatic heterocycles. The number of nitrogens with zero attached hydrogens (tertiary/aromatic N) is 3. The summed E-state index contributed by atoms with van der Waals surface area (Å²) in [6.07, 6.45) is -0.403. The summed E-state index contributed by atoms with van der Waals surface area (Å²) in [5.74, 6) is 1.78. The van der Waals surface area contributed by atoms with Gasteiger partial charge in [-0.2, -0.15) is 0 Å². The van der Waals surface area contributed by atoms with E-state index in [4.69, 9.17) is 10.1 Å². The number of aromatic nitrogens is 2. The van der Waals surface area contributed by atoms with E-state index in [2.05, 4.69) is 221 Å². The number of hydrogen-bond acceptors (Lipinski definition) is 2. The quantitative estimate of drug-likeness (QED) is 0.194. The van der Waals surface area contributed by atoms with E-state index in [9.17, 15) is 0 Å². The zero-order valence-corrected chi connectivity index (χ0v) is 33.5. The first-order valence-corrected chi connectivity index (χ1v) is 21.4. The van der Waals surface area contributed by atoms with E-state index in [0.29, 0.717) is 0 Å². The Morgan fingerprint density at radius 2 is 1.08 bits per heavy atom. The molecule has 0 amide bonds. The SMILES string of the molecule is c1ccc(-n2c3ccccc3c3ccc(C4NC(n5c6ccccc6c6cc7c(cc65)C5(c6ccccc6Oc6ccccc65)c5ccccc5-7)[N-]c5ccccc54)cc32)cc1. The van der Waals surface area contributed by atoms with Gasteiger partial charge in [-0.25, -0.2) is 0 Å². The van der Waals surface area contributed by atoms with E-state index in [1.165, 1.54) is 60.4 Å². The van der Waals surface area contributed by atoms with E-state index in [1.807, 2.05) is 0 Å². The highest BCUT2D eigenvalue weighted by Gasteiger charge is 2.51. The second-order valence-electron chi connectivity index (χ2n) is 16.8. The summed E-state index contributed by atoms with van der Waals surface area (Å²) in [6, 6.07) is 74.8. The van der Waals surface area contributed by atoms with Crippen LogP contribution in [-0.2, 0) is 5.41 Å². The van der Waals surface area contributed by atoms with Gasteiger partial charge >= 0.3 is 0 Å². The first-order chi connectivity index (χ1) is 30.8. The van der Waals surface area contributed by atoms with Crippen LogP contribution in [0, 0.1) is 0 Å². The van der Waals surface area contributed by atoms with Gasteiger partial charge in [0.15, 0.2) is 0 Å². The van der Waals surface area contributed by atoms with Crippen LogP contribution in [0.25, 0.3) is 65.7 Å². The molecule has 292 valence electrons. The summed E-state index contributed by atoms with van der Waals surface area (Å²) in [4.78, 5) is 0. The van der Waals surface area contributed by atoms with Gasteiger partial charge in [-0.3, -0.25) is 0 Å². The maximum atomic E-state index is 6.68. The molecule has 0 saturated heterocycles. The van der Waals surface area contributed by atoms with Crippen molar-refractivity contribution in [2.75, 3.05) is 0 Å². The minimum atomic E-state index is -0.578. The third kappa shape index (κ3) is 4.45. The van der Waals surface area contributed by atoms with Crippen LogP contribution in [0.4, 0.5) is 5.69 Å². The van der Waals surface area contributed by atoms with E-state index >= 15 is 0 Å². The Morgan fingerprint density at radius 1 is 0.452 bits per heavy atom. The molecule has 2 atom stereocenters. The predicted molar refractivity (Wildman–Crippen MR) is 251 cm³/mol. The number of fused-ring (bicyclic) bond motifs is 16. The molecule has 2 unspecified atom stereocenters. The highest BCUT2D eigenvalue weighted by molar-refractivity contribution is 6.12. The van der Waals surface area contributed by atoms with Gasteiger partial charge in [-0.05, 0) is 88.0 Å². The standard InChI is InChI=1S/C57H37N4O/c1-2-16-36(17-3-1)60-49-26-12-6-19-38(49)40-31-30-35(32-51(40)60)55-41-21-5-11-25-48(41)58-56(59-55)61-50-27-13-7-20-39(50)43-33-42-37-18-4-8-22-44(37)57(47(42)34-52(43)61)45-23-9-14-28-53(45)62-54-29-15-10-24-46(54)57/h1-34,55-56,59H/q-1. The number of para-hydroxylation sites is 6. The molecular weight excluding hydrogens is 757 g/mol. The first-order valence-electron chi connectivity index (χ1n) is 21.4. The molecule has 0 saturated carbocycles. The fourth-order valence-corrected chi connectivity index (χ4v) is 11.3. The maximum Gasteiger partial charge on any atom is 0.132 e. The Labute approximate surface area is 358 Å². The van der Waals surface area contributed by atoms with E-state index in [-0.39, 0.29) is 6.04 Å². The van der Waals surface area contributed by atoms with Crippen molar-refractivity contribution in [1.29, 1.82) is 0 Å². The number of ether oxygens (including phenoxy) is 1. The first kappa shape index (κ1) is 33.9. The third-order valence-corrected chi connectivity index (χ3v) is 13.8. The van der Waals surface area contributed by atoms with Crippen LogP contribution in [0.5, 0.6) is 11.5 Å². The molecule has 62 heavy (non-hydrogen) atoms. The molecule has 1 aliphatic carbocycles. The van der Waals surface area contributed by atoms with Gasteiger partial charge < -0.3 is 24.5 Å². The summed E-state index contributed by atoms with van der Waals surface area (Å²) in [5.41, 5.74) is 15.9. The maximum absolute atomic E-state index is 6.68. The number of rotatable bonds is 3. The number of nitrogens with one attached hydrogen (secondary N) is 1. The molecule has 5 heteroatoms. The summed E-state index contributed by atoms with van der Waals surface area (Å²) in [6.45, 7) is 0. The normalized spacial score (nSPS) is 16.7. The van der Waals surface area contributed by atoms with Crippen molar-refractivity contribution in [2.24, 2.45) is 0 Å². The highest BCUT2D eigenvalue weighted by Crippen LogP contribution is 2.63. The van der Waals surface area contributed by atoms with Crippen molar-refractivity contribution in [3.8, 4) is 28.3 Å². The molecule has 1 N–H and O–H groups in total. The van der Waals surface area contributed by atoms with Crippen LogP contribution < -0.4 is 10.1 Å². The molecule has 0 radical (unpaired) electrons. The molecule has 14 rings (SSSR count). The van der Waals surface area contributed by atoms with Crippen LogP contribution in [-0.4, -0.2) is 9.13 Å². The zero-order valence-electron chi connectivity index (χ0n) is 33.5. The van der Waals surface area contributed by atoms with E-state index < -0.39 is 11.7 Å². The lowest BCUT2D eigenvalue weighted by Crippen LogP contribution is -2.34. The van der Waals surface area contributed by atoms with Crippen LogP contribution >= 0.6 is 0 Å². The lowest BCUT2D eigenvalue weighted by atomic mass is 9.66. The molecule has 4 heterocycles. The smallest absolute Gasteiger partial charge is 0.132 e. The Balaban J connectivity index is 1.00.